The molecule has 0 unspecified atom stereocenters. The van der Waals surface area contributed by atoms with Gasteiger partial charge < -0.3 is 4.90 Å². The molecule has 0 N–H and O–H groups in total. The normalized spacial score (nSPS) is 10.0. The van der Waals surface area contributed by atoms with Crippen molar-refractivity contribution in [3.63, 3.8) is 0 Å². The first-order valence-electron chi connectivity index (χ1n) is 7.26. The lowest BCUT2D eigenvalue weighted by atomic mass is 10.2. The molecule has 0 heterocycles. The Balaban J connectivity index is 2.37. The fourth-order valence-electron chi connectivity index (χ4n) is 2.18. The maximum Gasteiger partial charge on any atom is 0.254 e. The van der Waals surface area contributed by atoms with Crippen LogP contribution in [0.1, 0.15) is 29.8 Å². The minimum Gasteiger partial charge on any atom is -0.339 e. The van der Waals surface area contributed by atoms with Crippen molar-refractivity contribution in [3.05, 3.63) is 59.7 Å². The molecule has 0 aromatic heterocycles. The molecule has 2 aromatic carbocycles. The summed E-state index contributed by atoms with van der Waals surface area (Å²) in [5, 5.41) is 9.20. The Morgan fingerprint density at radius 3 is 2.27 bits per heavy atom. The minimum atomic E-state index is 0.0301. The molecule has 2 aromatic rings. The molecule has 1 amide bonds. The third kappa shape index (κ3) is 3.49. The van der Waals surface area contributed by atoms with E-state index in [1.165, 1.54) is 11.8 Å². The van der Waals surface area contributed by atoms with E-state index in [4.69, 9.17) is 0 Å². The quantitative estimate of drug-likeness (QED) is 0.831. The Kier molecular flexibility index (Phi) is 5.62. The lowest BCUT2D eigenvalue weighted by Crippen LogP contribution is -2.30. The van der Waals surface area contributed by atoms with Crippen LogP contribution in [-0.2, 0) is 0 Å². The second kappa shape index (κ2) is 7.67. The lowest BCUT2D eigenvalue weighted by molar-refractivity contribution is 0.0769. The predicted molar refractivity (Wildman–Crippen MR) is 89.0 cm³/mol. The van der Waals surface area contributed by atoms with Crippen LogP contribution in [0.25, 0.3) is 0 Å². The maximum absolute atomic E-state index is 12.6. The predicted octanol–water partition coefficient (Wildman–Crippen LogP) is 4.19. The maximum atomic E-state index is 12.6. The van der Waals surface area contributed by atoms with Crippen LogP contribution < -0.4 is 0 Å². The summed E-state index contributed by atoms with van der Waals surface area (Å²) in [6.45, 7) is 5.32. The highest BCUT2D eigenvalue weighted by Crippen LogP contribution is 2.33. The van der Waals surface area contributed by atoms with Crippen molar-refractivity contribution in [1.82, 2.24) is 4.90 Å². The van der Waals surface area contributed by atoms with Gasteiger partial charge in [-0.3, -0.25) is 4.79 Å². The topological polar surface area (TPSA) is 44.1 Å². The number of amides is 1. The first-order chi connectivity index (χ1) is 10.7. The van der Waals surface area contributed by atoms with Crippen LogP contribution in [-0.4, -0.2) is 23.9 Å². The number of carbonyl (C=O) groups is 1. The Hall–Kier alpha value is -2.25. The van der Waals surface area contributed by atoms with Gasteiger partial charge in [0, 0.05) is 22.9 Å². The van der Waals surface area contributed by atoms with Gasteiger partial charge in [-0.25, -0.2) is 0 Å². The SMILES string of the molecule is CCN(CC)C(=O)c1ccccc1Sc1ccccc1C#N. The zero-order chi connectivity index (χ0) is 15.9. The van der Waals surface area contributed by atoms with Crippen molar-refractivity contribution in [3.8, 4) is 6.07 Å². The first kappa shape index (κ1) is 16.1. The van der Waals surface area contributed by atoms with Gasteiger partial charge in [-0.2, -0.15) is 5.26 Å². The molecule has 0 radical (unpaired) electrons. The third-order valence-corrected chi connectivity index (χ3v) is 4.55. The van der Waals surface area contributed by atoms with E-state index in [0.717, 1.165) is 9.79 Å². The minimum absolute atomic E-state index is 0.0301. The number of hydrogen-bond donors (Lipinski definition) is 0. The van der Waals surface area contributed by atoms with Crippen LogP contribution >= 0.6 is 11.8 Å². The van der Waals surface area contributed by atoms with E-state index in [2.05, 4.69) is 6.07 Å². The average molecular weight is 310 g/mol. The van der Waals surface area contributed by atoms with Gasteiger partial charge >= 0.3 is 0 Å². The highest BCUT2D eigenvalue weighted by molar-refractivity contribution is 7.99. The summed E-state index contributed by atoms with van der Waals surface area (Å²) in [5.41, 5.74) is 1.31. The second-order valence-corrected chi connectivity index (χ2v) is 5.77. The molecule has 2 rings (SSSR count). The van der Waals surface area contributed by atoms with Crippen LogP contribution in [0.2, 0.25) is 0 Å². The molecule has 22 heavy (non-hydrogen) atoms. The smallest absolute Gasteiger partial charge is 0.254 e. The van der Waals surface area contributed by atoms with Crippen molar-refractivity contribution in [2.24, 2.45) is 0 Å². The molecule has 0 fully saturated rings. The summed E-state index contributed by atoms with van der Waals surface area (Å²) in [4.78, 5) is 16.2. The number of nitrogens with zero attached hydrogens (tertiary/aromatic N) is 2. The van der Waals surface area contributed by atoms with Crippen LogP contribution in [0.15, 0.2) is 58.3 Å². The fourth-order valence-corrected chi connectivity index (χ4v) is 3.20. The largest absolute Gasteiger partial charge is 0.339 e. The van der Waals surface area contributed by atoms with Gasteiger partial charge in [-0.15, -0.1) is 0 Å². The van der Waals surface area contributed by atoms with E-state index >= 15 is 0 Å². The van der Waals surface area contributed by atoms with E-state index in [-0.39, 0.29) is 5.91 Å². The Morgan fingerprint density at radius 1 is 1.05 bits per heavy atom. The Morgan fingerprint density at radius 2 is 1.64 bits per heavy atom. The van der Waals surface area contributed by atoms with E-state index in [0.29, 0.717) is 24.2 Å². The molecular weight excluding hydrogens is 292 g/mol. The molecule has 0 spiro atoms. The third-order valence-electron chi connectivity index (χ3n) is 3.40. The molecule has 0 saturated carbocycles. The number of hydrogen-bond acceptors (Lipinski definition) is 3. The molecule has 0 aliphatic rings. The summed E-state index contributed by atoms with van der Waals surface area (Å²) < 4.78 is 0. The summed E-state index contributed by atoms with van der Waals surface area (Å²) in [6.07, 6.45) is 0. The van der Waals surface area contributed by atoms with Gasteiger partial charge in [0.05, 0.1) is 11.1 Å². The van der Waals surface area contributed by atoms with Crippen LogP contribution in [0.4, 0.5) is 0 Å². The van der Waals surface area contributed by atoms with E-state index in [9.17, 15) is 10.1 Å². The Bertz CT molecular complexity index is 702. The Labute approximate surface area is 135 Å². The monoisotopic (exact) mass is 310 g/mol. The molecule has 0 aliphatic carbocycles. The number of nitriles is 1. The first-order valence-corrected chi connectivity index (χ1v) is 8.08. The molecule has 0 saturated heterocycles. The van der Waals surface area contributed by atoms with Gasteiger partial charge in [0.1, 0.15) is 6.07 Å². The zero-order valence-corrected chi connectivity index (χ0v) is 13.6. The van der Waals surface area contributed by atoms with Crippen LogP contribution in [0, 0.1) is 11.3 Å². The van der Waals surface area contributed by atoms with E-state index in [1.54, 1.807) is 11.0 Å². The number of rotatable bonds is 5. The van der Waals surface area contributed by atoms with E-state index < -0.39 is 0 Å². The molecule has 0 bridgehead atoms. The molecule has 4 heteroatoms. The average Bonchev–Trinajstić information content (AvgIpc) is 2.57. The van der Waals surface area contributed by atoms with Crippen molar-refractivity contribution in [2.75, 3.05) is 13.1 Å². The summed E-state index contributed by atoms with van der Waals surface area (Å²) in [7, 11) is 0. The van der Waals surface area contributed by atoms with Gasteiger partial charge in [-0.1, -0.05) is 36.0 Å². The highest BCUT2D eigenvalue weighted by Gasteiger charge is 2.17. The second-order valence-electron chi connectivity index (χ2n) is 4.68. The fraction of sp³-hybridized carbons (Fsp3) is 0.222. The summed E-state index contributed by atoms with van der Waals surface area (Å²) >= 11 is 1.46. The van der Waals surface area contributed by atoms with Gasteiger partial charge in [0.15, 0.2) is 0 Å². The summed E-state index contributed by atoms with van der Waals surface area (Å²) in [5.74, 6) is 0.0301. The van der Waals surface area contributed by atoms with Gasteiger partial charge in [-0.05, 0) is 38.1 Å². The lowest BCUT2D eigenvalue weighted by Gasteiger charge is -2.20. The molecular formula is C18H18N2OS. The number of benzene rings is 2. The van der Waals surface area contributed by atoms with Gasteiger partial charge in [0.25, 0.3) is 5.91 Å². The molecule has 3 nitrogen and oxygen atoms in total. The van der Waals surface area contributed by atoms with Crippen molar-refractivity contribution < 1.29 is 4.79 Å². The highest BCUT2D eigenvalue weighted by atomic mass is 32.2. The van der Waals surface area contributed by atoms with Crippen LogP contribution in [0.5, 0.6) is 0 Å². The molecule has 112 valence electrons. The van der Waals surface area contributed by atoms with Crippen molar-refractivity contribution in [1.29, 1.82) is 5.26 Å². The zero-order valence-electron chi connectivity index (χ0n) is 12.7. The van der Waals surface area contributed by atoms with Gasteiger partial charge in [0.2, 0.25) is 0 Å². The number of carbonyl (C=O) groups excluding carboxylic acids is 1. The summed E-state index contributed by atoms with van der Waals surface area (Å²) in [6, 6.07) is 17.2. The van der Waals surface area contributed by atoms with Crippen LogP contribution in [0.3, 0.4) is 0 Å². The molecule has 0 atom stereocenters. The van der Waals surface area contributed by atoms with Crippen molar-refractivity contribution in [2.45, 2.75) is 23.6 Å². The van der Waals surface area contributed by atoms with E-state index in [1.807, 2.05) is 56.3 Å². The standard InChI is InChI=1S/C18H18N2OS/c1-3-20(4-2)18(21)15-10-6-8-12-17(15)22-16-11-7-5-9-14(16)13-19/h5-12H,3-4H2,1-2H3. The molecule has 0 aliphatic heterocycles. The van der Waals surface area contributed by atoms with Crippen molar-refractivity contribution >= 4 is 17.7 Å².